The van der Waals surface area contributed by atoms with Gasteiger partial charge in [0.2, 0.25) is 5.91 Å². The summed E-state index contributed by atoms with van der Waals surface area (Å²) in [4.78, 5) is 23.9. The van der Waals surface area contributed by atoms with Crippen LogP contribution in [0.25, 0.3) is 0 Å². The highest BCUT2D eigenvalue weighted by Crippen LogP contribution is 2.16. The summed E-state index contributed by atoms with van der Waals surface area (Å²) in [6.07, 6.45) is 12.8. The van der Waals surface area contributed by atoms with Gasteiger partial charge in [0.1, 0.15) is 12.4 Å². The average molecular weight is 500 g/mol. The second-order valence-corrected chi connectivity index (χ2v) is 9.07. The molecule has 2 aromatic carbocycles. The Balaban J connectivity index is 1.57. The number of hydrazone groups is 1. The fraction of sp³-hybridized carbons (Fsp3) is 0.464. The van der Waals surface area contributed by atoms with Gasteiger partial charge in [-0.1, -0.05) is 94.2 Å². The average Bonchev–Trinajstić information content (AvgIpc) is 2.86. The third-order valence-corrected chi connectivity index (χ3v) is 5.79. The molecule has 35 heavy (non-hydrogen) atoms. The van der Waals surface area contributed by atoms with Gasteiger partial charge in [0, 0.05) is 11.4 Å². The molecule has 2 rings (SSSR count). The van der Waals surface area contributed by atoms with E-state index in [1.165, 1.54) is 51.2 Å². The van der Waals surface area contributed by atoms with E-state index in [0.717, 1.165) is 24.0 Å². The molecular formula is C28H38ClN3O3. The number of halogens is 1. The van der Waals surface area contributed by atoms with Gasteiger partial charge in [0.15, 0.2) is 0 Å². The third kappa shape index (κ3) is 13.6. The minimum absolute atomic E-state index is 0.0855. The van der Waals surface area contributed by atoms with Gasteiger partial charge in [-0.25, -0.2) is 5.43 Å². The van der Waals surface area contributed by atoms with E-state index in [1.807, 2.05) is 48.5 Å². The van der Waals surface area contributed by atoms with Crippen LogP contribution in [0.5, 0.6) is 5.75 Å². The molecule has 2 aromatic rings. The zero-order valence-electron chi connectivity index (χ0n) is 20.7. The van der Waals surface area contributed by atoms with Gasteiger partial charge in [0.05, 0.1) is 12.8 Å². The molecule has 0 bridgehead atoms. The van der Waals surface area contributed by atoms with E-state index in [-0.39, 0.29) is 18.4 Å². The van der Waals surface area contributed by atoms with Crippen molar-refractivity contribution in [1.82, 2.24) is 10.7 Å². The minimum atomic E-state index is -0.364. The lowest BCUT2D eigenvalue weighted by Gasteiger charge is -2.07. The van der Waals surface area contributed by atoms with Gasteiger partial charge < -0.3 is 10.1 Å². The number of ether oxygens (including phenoxy) is 1. The van der Waals surface area contributed by atoms with Gasteiger partial charge in [-0.2, -0.15) is 5.10 Å². The van der Waals surface area contributed by atoms with E-state index in [2.05, 4.69) is 22.8 Å². The molecule has 0 spiro atoms. The molecule has 0 heterocycles. The molecule has 0 aliphatic heterocycles. The Bertz CT molecular complexity index is 916. The number of amides is 2. The van der Waals surface area contributed by atoms with Crippen molar-refractivity contribution in [3.05, 3.63) is 64.7 Å². The van der Waals surface area contributed by atoms with E-state index in [9.17, 15) is 9.59 Å². The van der Waals surface area contributed by atoms with Crippen LogP contribution in [0.2, 0.25) is 5.02 Å². The maximum atomic E-state index is 11.9. The second-order valence-electron chi connectivity index (χ2n) is 8.64. The first-order valence-corrected chi connectivity index (χ1v) is 13.0. The summed E-state index contributed by atoms with van der Waals surface area (Å²) in [6.45, 7) is 2.56. The van der Waals surface area contributed by atoms with Crippen LogP contribution in [0.1, 0.15) is 82.3 Å². The Kier molecular flexibility index (Phi) is 14.2. The van der Waals surface area contributed by atoms with Crippen molar-refractivity contribution < 1.29 is 14.3 Å². The molecule has 2 amide bonds. The number of carbonyl (C=O) groups is 2. The number of rotatable bonds is 17. The Morgan fingerprint density at radius 2 is 1.60 bits per heavy atom. The SMILES string of the molecule is CCCCCCCCCCCC(=O)NCC(=O)NN=Cc1cccc(OCc2ccc(Cl)cc2)c1. The summed E-state index contributed by atoms with van der Waals surface area (Å²) < 4.78 is 5.80. The molecule has 0 unspecified atom stereocenters. The van der Waals surface area contributed by atoms with E-state index >= 15 is 0 Å². The molecule has 0 aliphatic rings. The molecule has 0 radical (unpaired) electrons. The Labute approximate surface area is 214 Å². The van der Waals surface area contributed by atoms with Crippen LogP contribution >= 0.6 is 11.6 Å². The fourth-order valence-corrected chi connectivity index (χ4v) is 3.64. The van der Waals surface area contributed by atoms with Crippen LogP contribution in [0.4, 0.5) is 0 Å². The normalized spacial score (nSPS) is 10.9. The molecule has 0 saturated heterocycles. The van der Waals surface area contributed by atoms with Gasteiger partial charge in [0.25, 0.3) is 5.91 Å². The van der Waals surface area contributed by atoms with Gasteiger partial charge in [-0.05, 0) is 41.8 Å². The zero-order valence-corrected chi connectivity index (χ0v) is 21.5. The van der Waals surface area contributed by atoms with Crippen LogP contribution in [0.15, 0.2) is 53.6 Å². The Morgan fingerprint density at radius 1 is 0.914 bits per heavy atom. The molecule has 0 fully saturated rings. The van der Waals surface area contributed by atoms with E-state index in [0.29, 0.717) is 23.8 Å². The minimum Gasteiger partial charge on any atom is -0.489 e. The standard InChI is InChI=1S/C28H38ClN3O3/c1-2-3-4-5-6-7-8-9-10-14-27(33)30-21-28(34)32-31-20-24-12-11-13-26(19-24)35-22-23-15-17-25(29)18-16-23/h11-13,15-20H,2-10,14,21-22H2,1H3,(H,30,33)(H,32,34). The largest absolute Gasteiger partial charge is 0.489 e. The molecule has 7 heteroatoms. The summed E-state index contributed by atoms with van der Waals surface area (Å²) in [7, 11) is 0. The van der Waals surface area contributed by atoms with E-state index in [1.54, 1.807) is 0 Å². The van der Waals surface area contributed by atoms with E-state index < -0.39 is 0 Å². The van der Waals surface area contributed by atoms with Crippen molar-refractivity contribution in [1.29, 1.82) is 0 Å². The summed E-state index contributed by atoms with van der Waals surface area (Å²) in [5.74, 6) is 0.230. The van der Waals surface area contributed by atoms with Gasteiger partial charge >= 0.3 is 0 Å². The number of carbonyl (C=O) groups excluding carboxylic acids is 2. The lowest BCUT2D eigenvalue weighted by molar-refractivity contribution is -0.126. The topological polar surface area (TPSA) is 79.8 Å². The molecule has 190 valence electrons. The number of nitrogens with zero attached hydrogens (tertiary/aromatic N) is 1. The molecule has 0 aliphatic carbocycles. The summed E-state index contributed by atoms with van der Waals surface area (Å²) in [5, 5.41) is 7.30. The summed E-state index contributed by atoms with van der Waals surface area (Å²) in [5.41, 5.74) is 4.24. The van der Waals surface area contributed by atoms with Crippen molar-refractivity contribution in [3.63, 3.8) is 0 Å². The van der Waals surface area contributed by atoms with Gasteiger partial charge in [-0.15, -0.1) is 0 Å². The first kappa shape index (κ1) is 28.4. The number of unbranched alkanes of at least 4 members (excludes halogenated alkanes) is 8. The molecule has 0 aromatic heterocycles. The van der Waals surface area contributed by atoms with Crippen LogP contribution in [-0.4, -0.2) is 24.6 Å². The Morgan fingerprint density at radius 3 is 2.31 bits per heavy atom. The lowest BCUT2D eigenvalue weighted by atomic mass is 10.1. The van der Waals surface area contributed by atoms with Crippen molar-refractivity contribution in [2.24, 2.45) is 5.10 Å². The van der Waals surface area contributed by atoms with Crippen LogP contribution in [0.3, 0.4) is 0 Å². The fourth-order valence-electron chi connectivity index (χ4n) is 3.51. The number of hydrogen-bond acceptors (Lipinski definition) is 4. The molecule has 2 N–H and O–H groups in total. The van der Waals surface area contributed by atoms with Crippen molar-refractivity contribution in [2.75, 3.05) is 6.54 Å². The van der Waals surface area contributed by atoms with Crippen molar-refractivity contribution in [3.8, 4) is 5.75 Å². The quantitative estimate of drug-likeness (QED) is 0.150. The maximum Gasteiger partial charge on any atom is 0.259 e. The monoisotopic (exact) mass is 499 g/mol. The highest BCUT2D eigenvalue weighted by Gasteiger charge is 2.05. The lowest BCUT2D eigenvalue weighted by Crippen LogP contribution is -2.34. The zero-order chi connectivity index (χ0) is 25.1. The van der Waals surface area contributed by atoms with Crippen molar-refractivity contribution >= 4 is 29.6 Å². The smallest absolute Gasteiger partial charge is 0.259 e. The highest BCUT2D eigenvalue weighted by molar-refractivity contribution is 6.30. The maximum absolute atomic E-state index is 11.9. The number of nitrogens with one attached hydrogen (secondary N) is 2. The second kappa shape index (κ2) is 17.6. The third-order valence-electron chi connectivity index (χ3n) is 5.53. The predicted molar refractivity (Wildman–Crippen MR) is 143 cm³/mol. The number of benzene rings is 2. The summed E-state index contributed by atoms with van der Waals surface area (Å²) >= 11 is 5.90. The molecule has 6 nitrogen and oxygen atoms in total. The van der Waals surface area contributed by atoms with E-state index in [4.69, 9.17) is 16.3 Å². The first-order chi connectivity index (χ1) is 17.1. The first-order valence-electron chi connectivity index (χ1n) is 12.6. The van der Waals surface area contributed by atoms with Crippen LogP contribution in [-0.2, 0) is 16.2 Å². The Hall–Kier alpha value is -2.86. The highest BCUT2D eigenvalue weighted by atomic mass is 35.5. The van der Waals surface area contributed by atoms with Crippen LogP contribution in [0, 0.1) is 0 Å². The predicted octanol–water partition coefficient (Wildman–Crippen LogP) is 6.41. The molecule has 0 saturated carbocycles. The van der Waals surface area contributed by atoms with Crippen LogP contribution < -0.4 is 15.5 Å². The molecule has 0 atom stereocenters. The number of hydrogen-bond donors (Lipinski definition) is 2. The summed E-state index contributed by atoms with van der Waals surface area (Å²) in [6, 6.07) is 14.9. The van der Waals surface area contributed by atoms with Gasteiger partial charge in [-0.3, -0.25) is 9.59 Å². The van der Waals surface area contributed by atoms with Crippen molar-refractivity contribution in [2.45, 2.75) is 77.7 Å². The molecular weight excluding hydrogens is 462 g/mol.